The van der Waals surface area contributed by atoms with Crippen molar-refractivity contribution in [2.45, 2.75) is 44.4 Å². The van der Waals surface area contributed by atoms with Gasteiger partial charge in [-0.25, -0.2) is 0 Å². The Labute approximate surface area is 182 Å². The number of amides is 1. The van der Waals surface area contributed by atoms with Crippen LogP contribution >= 0.6 is 0 Å². The molecule has 2 aromatic carbocycles. The van der Waals surface area contributed by atoms with Crippen molar-refractivity contribution in [3.63, 3.8) is 0 Å². The molecule has 0 aromatic heterocycles. The van der Waals surface area contributed by atoms with E-state index in [1.807, 2.05) is 24.5 Å². The molecule has 1 unspecified atom stereocenters. The molecule has 1 saturated heterocycles. The van der Waals surface area contributed by atoms with E-state index in [1.54, 1.807) is 35.2 Å². The molecular weight excluding hydrogens is 390 g/mol. The summed E-state index contributed by atoms with van der Waals surface area (Å²) in [6.45, 7) is 1.52. The zero-order valence-corrected chi connectivity index (χ0v) is 17.5. The summed E-state index contributed by atoms with van der Waals surface area (Å²) in [7, 11) is 0. The monoisotopic (exact) mass is 416 g/mol. The van der Waals surface area contributed by atoms with Crippen LogP contribution in [-0.2, 0) is 20.8 Å². The highest BCUT2D eigenvalue weighted by Crippen LogP contribution is 2.32. The Kier molecular flexibility index (Phi) is 6.60. The van der Waals surface area contributed by atoms with E-state index in [-0.39, 0.29) is 24.2 Å². The fraction of sp³-hybridized carbons (Fsp3) is 0.346. The Balaban J connectivity index is 1.40. The Hall–Kier alpha value is -3.21. The Morgan fingerprint density at radius 3 is 2.52 bits per heavy atom. The second-order valence-electron chi connectivity index (χ2n) is 8.17. The third kappa shape index (κ3) is 5.10. The fourth-order valence-corrected chi connectivity index (χ4v) is 4.38. The number of carbonyl (C=O) groups is 2. The van der Waals surface area contributed by atoms with Gasteiger partial charge in [0.2, 0.25) is 12.2 Å². The molecule has 1 amide bonds. The van der Waals surface area contributed by atoms with Crippen molar-refractivity contribution in [2.75, 3.05) is 13.1 Å². The van der Waals surface area contributed by atoms with Gasteiger partial charge < -0.3 is 9.64 Å². The number of likely N-dealkylation sites (tertiary alicyclic amines) is 1. The first-order valence-electron chi connectivity index (χ1n) is 10.9. The van der Waals surface area contributed by atoms with E-state index in [0.29, 0.717) is 11.3 Å². The van der Waals surface area contributed by atoms with Crippen LogP contribution in [-0.4, -0.2) is 36.2 Å². The van der Waals surface area contributed by atoms with Crippen LogP contribution in [0.1, 0.15) is 54.7 Å². The summed E-state index contributed by atoms with van der Waals surface area (Å²) in [6.07, 6.45) is 8.39. The van der Waals surface area contributed by atoms with Crippen molar-refractivity contribution in [1.82, 2.24) is 4.90 Å². The molecule has 0 spiro atoms. The number of nitrogens with zero attached hydrogens (tertiary/aromatic N) is 1. The standard InChI is InChI=1S/C26H26NO4/c28-18-20(17-25(29)27-14-3-4-15-27)16-19-10-12-22(13-11-19)31-26(30)24-9-5-7-21-6-1-2-8-23(21)24/h1-2,6,8,10-13,16,24H,3-5,7,9,14-15,17H2. The molecule has 5 nitrogen and oxygen atoms in total. The second-order valence-corrected chi connectivity index (χ2v) is 8.17. The number of hydrogen-bond donors (Lipinski definition) is 0. The maximum Gasteiger partial charge on any atom is 0.318 e. The van der Waals surface area contributed by atoms with Crippen LogP contribution in [0.25, 0.3) is 6.08 Å². The van der Waals surface area contributed by atoms with Gasteiger partial charge in [0, 0.05) is 18.7 Å². The van der Waals surface area contributed by atoms with Crippen LogP contribution in [0.3, 0.4) is 0 Å². The molecule has 0 saturated carbocycles. The Morgan fingerprint density at radius 1 is 1.03 bits per heavy atom. The van der Waals surface area contributed by atoms with Gasteiger partial charge in [-0.15, -0.1) is 0 Å². The van der Waals surface area contributed by atoms with Gasteiger partial charge in [-0.05, 0) is 67.0 Å². The van der Waals surface area contributed by atoms with Crippen molar-refractivity contribution in [2.24, 2.45) is 0 Å². The normalized spacial score (nSPS) is 18.4. The Bertz CT molecular complexity index is 987. The van der Waals surface area contributed by atoms with Crippen LogP contribution < -0.4 is 4.74 Å². The highest BCUT2D eigenvalue weighted by Gasteiger charge is 2.27. The van der Waals surface area contributed by atoms with Crippen LogP contribution in [0.5, 0.6) is 5.75 Å². The number of aryl methyl sites for hydroxylation is 1. The maximum absolute atomic E-state index is 12.8. The molecule has 1 atom stereocenters. The van der Waals surface area contributed by atoms with Gasteiger partial charge in [0.25, 0.3) is 0 Å². The highest BCUT2D eigenvalue weighted by atomic mass is 16.5. The smallest absolute Gasteiger partial charge is 0.318 e. The second kappa shape index (κ2) is 9.73. The third-order valence-electron chi connectivity index (χ3n) is 6.02. The number of rotatable bonds is 6. The average molecular weight is 416 g/mol. The molecule has 2 aromatic rings. The number of ether oxygens (including phenoxy) is 1. The van der Waals surface area contributed by atoms with E-state index in [0.717, 1.165) is 56.3 Å². The van der Waals surface area contributed by atoms with E-state index in [9.17, 15) is 14.4 Å². The minimum absolute atomic E-state index is 0.0367. The van der Waals surface area contributed by atoms with Gasteiger partial charge in [-0.1, -0.05) is 36.4 Å². The van der Waals surface area contributed by atoms with Crippen LogP contribution in [0, 0.1) is 0 Å². The van der Waals surface area contributed by atoms with Gasteiger partial charge in [0.15, 0.2) is 0 Å². The minimum atomic E-state index is -0.242. The zero-order chi connectivity index (χ0) is 21.6. The maximum atomic E-state index is 12.8. The molecule has 31 heavy (non-hydrogen) atoms. The first-order valence-corrected chi connectivity index (χ1v) is 10.9. The molecule has 1 aliphatic heterocycles. The van der Waals surface area contributed by atoms with Gasteiger partial charge in [0.05, 0.1) is 12.3 Å². The predicted molar refractivity (Wildman–Crippen MR) is 118 cm³/mol. The van der Waals surface area contributed by atoms with E-state index in [4.69, 9.17) is 4.74 Å². The Morgan fingerprint density at radius 2 is 1.77 bits per heavy atom. The molecule has 2 aliphatic rings. The molecule has 1 radical (unpaired) electrons. The molecule has 5 heteroatoms. The summed E-state index contributed by atoms with van der Waals surface area (Å²) in [6, 6.07) is 15.0. The molecule has 1 heterocycles. The van der Waals surface area contributed by atoms with Gasteiger partial charge >= 0.3 is 5.97 Å². The van der Waals surface area contributed by atoms with Crippen molar-refractivity contribution in [3.05, 3.63) is 70.8 Å². The van der Waals surface area contributed by atoms with Crippen molar-refractivity contribution >= 4 is 24.2 Å². The highest BCUT2D eigenvalue weighted by molar-refractivity contribution is 5.92. The summed E-state index contributed by atoms with van der Waals surface area (Å²) in [4.78, 5) is 38.1. The lowest BCUT2D eigenvalue weighted by Crippen LogP contribution is -2.27. The predicted octanol–water partition coefficient (Wildman–Crippen LogP) is 4.22. The SMILES string of the molecule is O=[C]C(=Cc1ccc(OC(=O)C2CCCc3ccccc32)cc1)CC(=O)N1CCCC1. The molecule has 159 valence electrons. The molecule has 0 bridgehead atoms. The first-order chi connectivity index (χ1) is 15.1. The summed E-state index contributed by atoms with van der Waals surface area (Å²) >= 11 is 0. The third-order valence-corrected chi connectivity index (χ3v) is 6.02. The summed E-state index contributed by atoms with van der Waals surface area (Å²) in [5.41, 5.74) is 3.36. The quantitative estimate of drug-likeness (QED) is 0.402. The number of hydrogen-bond acceptors (Lipinski definition) is 4. The largest absolute Gasteiger partial charge is 0.426 e. The minimum Gasteiger partial charge on any atom is -0.426 e. The van der Waals surface area contributed by atoms with E-state index >= 15 is 0 Å². The average Bonchev–Trinajstić information content (AvgIpc) is 3.34. The van der Waals surface area contributed by atoms with Crippen LogP contribution in [0.2, 0.25) is 0 Å². The number of carbonyl (C=O) groups excluding carboxylic acids is 3. The number of fused-ring (bicyclic) bond motifs is 1. The lowest BCUT2D eigenvalue weighted by Gasteiger charge is -2.23. The molecule has 1 fully saturated rings. The lowest BCUT2D eigenvalue weighted by atomic mass is 9.83. The van der Waals surface area contributed by atoms with Gasteiger partial charge in [-0.2, -0.15) is 0 Å². The molecule has 0 N–H and O–H groups in total. The lowest BCUT2D eigenvalue weighted by molar-refractivity contribution is -0.136. The fourth-order valence-electron chi connectivity index (χ4n) is 4.38. The molecule has 4 rings (SSSR count). The van der Waals surface area contributed by atoms with Gasteiger partial charge in [-0.3, -0.25) is 14.4 Å². The molecule has 1 aliphatic carbocycles. The van der Waals surface area contributed by atoms with Crippen molar-refractivity contribution in [1.29, 1.82) is 0 Å². The van der Waals surface area contributed by atoms with Crippen molar-refractivity contribution < 1.29 is 19.1 Å². The summed E-state index contributed by atoms with van der Waals surface area (Å²) in [5.74, 6) is -0.0497. The van der Waals surface area contributed by atoms with E-state index < -0.39 is 0 Å². The molecular formula is C26H26NO4. The topological polar surface area (TPSA) is 63.7 Å². The van der Waals surface area contributed by atoms with E-state index in [1.165, 1.54) is 5.56 Å². The first kappa shape index (κ1) is 21.0. The van der Waals surface area contributed by atoms with Gasteiger partial charge in [0.1, 0.15) is 5.75 Å². The summed E-state index contributed by atoms with van der Waals surface area (Å²) < 4.78 is 5.63. The van der Waals surface area contributed by atoms with E-state index in [2.05, 4.69) is 6.07 Å². The van der Waals surface area contributed by atoms with Crippen LogP contribution in [0.15, 0.2) is 54.1 Å². The summed E-state index contributed by atoms with van der Waals surface area (Å²) in [5, 5.41) is 0. The van der Waals surface area contributed by atoms with Crippen molar-refractivity contribution in [3.8, 4) is 5.75 Å². The zero-order valence-electron chi connectivity index (χ0n) is 17.5. The van der Waals surface area contributed by atoms with Crippen LogP contribution in [0.4, 0.5) is 0 Å². The number of benzene rings is 2. The number of esters is 1.